The molecule has 1 N–H and O–H groups in total. The highest BCUT2D eigenvalue weighted by molar-refractivity contribution is 5.30. The molecule has 76 valence electrons. The van der Waals surface area contributed by atoms with E-state index in [1.807, 2.05) is 7.05 Å². The van der Waals surface area contributed by atoms with Crippen molar-refractivity contribution in [2.45, 2.75) is 19.0 Å². The van der Waals surface area contributed by atoms with Crippen molar-refractivity contribution in [1.82, 2.24) is 10.2 Å². The highest BCUT2D eigenvalue weighted by Crippen LogP contribution is 2.25. The Kier molecular flexibility index (Phi) is 2.85. The summed E-state index contributed by atoms with van der Waals surface area (Å²) < 4.78 is 0. The lowest BCUT2D eigenvalue weighted by Gasteiger charge is -2.15. The first-order valence-corrected chi connectivity index (χ1v) is 5.25. The van der Waals surface area contributed by atoms with Crippen LogP contribution in [0.3, 0.4) is 0 Å². The van der Waals surface area contributed by atoms with Gasteiger partial charge in [0.2, 0.25) is 0 Å². The SMILES string of the molecule is CN[C@H]1CCN(C)Cc2ccccc21. The van der Waals surface area contributed by atoms with Crippen molar-refractivity contribution in [3.8, 4) is 0 Å². The second-order valence-corrected chi connectivity index (χ2v) is 4.07. The normalized spacial score (nSPS) is 22.9. The summed E-state index contributed by atoms with van der Waals surface area (Å²) in [5.41, 5.74) is 2.94. The van der Waals surface area contributed by atoms with Gasteiger partial charge in [0, 0.05) is 12.6 Å². The van der Waals surface area contributed by atoms with Gasteiger partial charge in [-0.15, -0.1) is 0 Å². The van der Waals surface area contributed by atoms with Crippen LogP contribution in [0.25, 0.3) is 0 Å². The molecule has 0 amide bonds. The average Bonchev–Trinajstić information content (AvgIpc) is 2.36. The molecule has 1 aliphatic rings. The first kappa shape index (κ1) is 9.69. The Balaban J connectivity index is 2.36. The molecule has 2 rings (SSSR count). The second-order valence-electron chi connectivity index (χ2n) is 4.07. The molecule has 0 aromatic heterocycles. The van der Waals surface area contributed by atoms with E-state index in [2.05, 4.69) is 41.5 Å². The average molecular weight is 190 g/mol. The van der Waals surface area contributed by atoms with Gasteiger partial charge in [0.25, 0.3) is 0 Å². The minimum Gasteiger partial charge on any atom is -0.313 e. The molecule has 0 unspecified atom stereocenters. The fraction of sp³-hybridized carbons (Fsp3) is 0.500. The molecule has 1 heterocycles. The number of hydrogen-bond acceptors (Lipinski definition) is 2. The summed E-state index contributed by atoms with van der Waals surface area (Å²) in [6.07, 6.45) is 1.20. The monoisotopic (exact) mass is 190 g/mol. The molecule has 0 radical (unpaired) electrons. The van der Waals surface area contributed by atoms with E-state index in [-0.39, 0.29) is 0 Å². The van der Waals surface area contributed by atoms with Gasteiger partial charge in [-0.2, -0.15) is 0 Å². The first-order valence-electron chi connectivity index (χ1n) is 5.25. The van der Waals surface area contributed by atoms with Gasteiger partial charge in [-0.1, -0.05) is 24.3 Å². The lowest BCUT2D eigenvalue weighted by atomic mass is 10.00. The topological polar surface area (TPSA) is 15.3 Å². The van der Waals surface area contributed by atoms with E-state index < -0.39 is 0 Å². The highest BCUT2D eigenvalue weighted by atomic mass is 15.1. The van der Waals surface area contributed by atoms with E-state index in [1.54, 1.807) is 0 Å². The first-order chi connectivity index (χ1) is 6.81. The Morgan fingerprint density at radius 2 is 2.14 bits per heavy atom. The maximum Gasteiger partial charge on any atom is 0.0332 e. The lowest BCUT2D eigenvalue weighted by molar-refractivity contribution is 0.320. The van der Waals surface area contributed by atoms with Crippen LogP contribution < -0.4 is 5.32 Å². The summed E-state index contributed by atoms with van der Waals surface area (Å²) in [4.78, 5) is 2.39. The predicted molar refractivity (Wildman–Crippen MR) is 59.2 cm³/mol. The van der Waals surface area contributed by atoms with Gasteiger partial charge in [-0.05, 0) is 38.2 Å². The van der Waals surface area contributed by atoms with Crippen molar-refractivity contribution in [1.29, 1.82) is 0 Å². The molecule has 1 aromatic carbocycles. The molecule has 0 bridgehead atoms. The van der Waals surface area contributed by atoms with E-state index >= 15 is 0 Å². The van der Waals surface area contributed by atoms with Crippen molar-refractivity contribution in [2.24, 2.45) is 0 Å². The molecule has 0 saturated heterocycles. The summed E-state index contributed by atoms with van der Waals surface area (Å²) >= 11 is 0. The quantitative estimate of drug-likeness (QED) is 0.726. The largest absolute Gasteiger partial charge is 0.313 e. The minimum absolute atomic E-state index is 0.524. The van der Waals surface area contributed by atoms with Crippen molar-refractivity contribution in [2.75, 3.05) is 20.6 Å². The van der Waals surface area contributed by atoms with Crippen LogP contribution in [0.15, 0.2) is 24.3 Å². The van der Waals surface area contributed by atoms with Gasteiger partial charge in [0.1, 0.15) is 0 Å². The van der Waals surface area contributed by atoms with Gasteiger partial charge < -0.3 is 10.2 Å². The zero-order valence-corrected chi connectivity index (χ0v) is 8.96. The van der Waals surface area contributed by atoms with Crippen LogP contribution in [0.5, 0.6) is 0 Å². The third-order valence-corrected chi connectivity index (χ3v) is 3.02. The van der Waals surface area contributed by atoms with Gasteiger partial charge in [0.15, 0.2) is 0 Å². The van der Waals surface area contributed by atoms with Crippen LogP contribution in [-0.4, -0.2) is 25.5 Å². The maximum absolute atomic E-state index is 3.39. The molecule has 1 aliphatic heterocycles. The molecular formula is C12H18N2. The van der Waals surface area contributed by atoms with E-state index in [4.69, 9.17) is 0 Å². The number of nitrogens with one attached hydrogen (secondary N) is 1. The summed E-state index contributed by atoms with van der Waals surface area (Å²) in [6, 6.07) is 9.27. The standard InChI is InChI=1S/C12H18N2/c1-13-12-7-8-14(2)9-10-5-3-4-6-11(10)12/h3-6,12-13H,7-9H2,1-2H3/t12-/m0/s1. The van der Waals surface area contributed by atoms with Crippen molar-refractivity contribution in [3.63, 3.8) is 0 Å². The van der Waals surface area contributed by atoms with E-state index in [9.17, 15) is 0 Å². The minimum atomic E-state index is 0.524. The Hall–Kier alpha value is -0.860. The summed E-state index contributed by atoms with van der Waals surface area (Å²) in [6.45, 7) is 2.24. The summed E-state index contributed by atoms with van der Waals surface area (Å²) in [7, 11) is 4.24. The molecule has 14 heavy (non-hydrogen) atoms. The van der Waals surface area contributed by atoms with Crippen LogP contribution in [0.4, 0.5) is 0 Å². The zero-order valence-electron chi connectivity index (χ0n) is 8.96. The number of hydrogen-bond donors (Lipinski definition) is 1. The van der Waals surface area contributed by atoms with E-state index in [0.717, 1.165) is 6.54 Å². The van der Waals surface area contributed by atoms with Gasteiger partial charge in [-0.3, -0.25) is 0 Å². The number of benzene rings is 1. The lowest BCUT2D eigenvalue weighted by Crippen LogP contribution is -2.20. The Bertz CT molecular complexity index is 309. The molecule has 1 atom stereocenters. The molecule has 2 nitrogen and oxygen atoms in total. The third-order valence-electron chi connectivity index (χ3n) is 3.02. The van der Waals surface area contributed by atoms with Gasteiger partial charge in [0.05, 0.1) is 0 Å². The fourth-order valence-electron chi connectivity index (χ4n) is 2.19. The van der Waals surface area contributed by atoms with E-state index in [1.165, 1.54) is 24.1 Å². The Morgan fingerprint density at radius 1 is 1.36 bits per heavy atom. The van der Waals surface area contributed by atoms with Gasteiger partial charge in [-0.25, -0.2) is 0 Å². The van der Waals surface area contributed by atoms with Crippen LogP contribution in [0.1, 0.15) is 23.6 Å². The Morgan fingerprint density at radius 3 is 2.93 bits per heavy atom. The van der Waals surface area contributed by atoms with Crippen molar-refractivity contribution < 1.29 is 0 Å². The van der Waals surface area contributed by atoms with Gasteiger partial charge >= 0.3 is 0 Å². The third kappa shape index (κ3) is 1.81. The molecule has 0 saturated carbocycles. The molecule has 0 fully saturated rings. The smallest absolute Gasteiger partial charge is 0.0332 e. The van der Waals surface area contributed by atoms with Crippen LogP contribution in [0, 0.1) is 0 Å². The molecule has 2 heteroatoms. The summed E-state index contributed by atoms with van der Waals surface area (Å²) in [5.74, 6) is 0. The van der Waals surface area contributed by atoms with Crippen molar-refractivity contribution >= 4 is 0 Å². The van der Waals surface area contributed by atoms with Crippen LogP contribution >= 0.6 is 0 Å². The second kappa shape index (κ2) is 4.11. The molecular weight excluding hydrogens is 172 g/mol. The maximum atomic E-state index is 3.39. The van der Waals surface area contributed by atoms with Crippen LogP contribution in [-0.2, 0) is 6.54 Å². The van der Waals surface area contributed by atoms with Crippen LogP contribution in [0.2, 0.25) is 0 Å². The Labute approximate surface area is 85.9 Å². The zero-order chi connectivity index (χ0) is 9.97. The number of rotatable bonds is 1. The van der Waals surface area contributed by atoms with Crippen molar-refractivity contribution in [3.05, 3.63) is 35.4 Å². The molecule has 0 spiro atoms. The number of fused-ring (bicyclic) bond motifs is 1. The summed E-state index contributed by atoms with van der Waals surface area (Å²) in [5, 5.41) is 3.39. The predicted octanol–water partition coefficient (Wildman–Crippen LogP) is 1.78. The van der Waals surface area contributed by atoms with E-state index in [0.29, 0.717) is 6.04 Å². The number of nitrogens with zero attached hydrogens (tertiary/aromatic N) is 1. The highest BCUT2D eigenvalue weighted by Gasteiger charge is 2.18. The fourth-order valence-corrected chi connectivity index (χ4v) is 2.19. The molecule has 0 aliphatic carbocycles. The molecule has 1 aromatic rings.